The molecule has 0 bridgehead atoms. The van der Waals surface area contributed by atoms with Crippen LogP contribution in [0.15, 0.2) is 0 Å². The first kappa shape index (κ1) is 7.75. The molecule has 0 aromatic carbocycles. The first-order valence-corrected chi connectivity index (χ1v) is 4.53. The highest BCUT2D eigenvalue weighted by atomic mass is 127. The third-order valence-electron chi connectivity index (χ3n) is 0.474. The lowest BCUT2D eigenvalue weighted by molar-refractivity contribution is -0.106. The van der Waals surface area contributed by atoms with Gasteiger partial charge in [0.1, 0.15) is 6.29 Å². The Morgan fingerprint density at radius 2 is 2.57 bits per heavy atom. The summed E-state index contributed by atoms with van der Waals surface area (Å²) in [5.41, 5.74) is 0. The van der Waals surface area contributed by atoms with Crippen LogP contribution in [0.25, 0.3) is 0 Å². The molecule has 1 unspecified atom stereocenters. The highest BCUT2D eigenvalue weighted by Crippen LogP contribution is 2.03. The number of aldehydes is 1. The third kappa shape index (κ3) is 4.61. The van der Waals surface area contributed by atoms with Crippen LogP contribution in [0.2, 0.25) is 0 Å². The fourth-order valence-corrected chi connectivity index (χ4v) is 1.67. The SMILES string of the molecule is CSCC(I)C=O. The van der Waals surface area contributed by atoms with Crippen molar-refractivity contribution in [2.24, 2.45) is 0 Å². The fraction of sp³-hybridized carbons (Fsp3) is 0.750. The molecule has 0 spiro atoms. The number of thioether (sulfide) groups is 1. The second-order valence-electron chi connectivity index (χ2n) is 1.11. The molecule has 1 atom stereocenters. The summed E-state index contributed by atoms with van der Waals surface area (Å²) < 4.78 is 0.201. The van der Waals surface area contributed by atoms with E-state index in [1.807, 2.05) is 6.26 Å². The molecule has 0 N–H and O–H groups in total. The van der Waals surface area contributed by atoms with Crippen LogP contribution < -0.4 is 0 Å². The van der Waals surface area contributed by atoms with Gasteiger partial charge in [0, 0.05) is 5.75 Å². The molecule has 7 heavy (non-hydrogen) atoms. The van der Waals surface area contributed by atoms with E-state index in [-0.39, 0.29) is 3.92 Å². The van der Waals surface area contributed by atoms with Crippen LogP contribution in [0.4, 0.5) is 0 Å². The second-order valence-corrected chi connectivity index (χ2v) is 3.62. The van der Waals surface area contributed by atoms with E-state index in [1.165, 1.54) is 0 Å². The van der Waals surface area contributed by atoms with Crippen molar-refractivity contribution < 1.29 is 4.79 Å². The molecule has 0 aromatic heterocycles. The smallest absolute Gasteiger partial charge is 0.133 e. The van der Waals surface area contributed by atoms with E-state index < -0.39 is 0 Å². The van der Waals surface area contributed by atoms with Crippen molar-refractivity contribution in [2.45, 2.75) is 3.92 Å². The molecule has 0 aliphatic heterocycles. The number of alkyl halides is 1. The maximum atomic E-state index is 9.87. The van der Waals surface area contributed by atoms with Gasteiger partial charge >= 0.3 is 0 Å². The topological polar surface area (TPSA) is 17.1 Å². The van der Waals surface area contributed by atoms with Crippen LogP contribution in [0, 0.1) is 0 Å². The quantitative estimate of drug-likeness (QED) is 0.413. The van der Waals surface area contributed by atoms with Crippen LogP contribution in [0.5, 0.6) is 0 Å². The molecule has 0 aliphatic rings. The molecule has 0 saturated carbocycles. The summed E-state index contributed by atoms with van der Waals surface area (Å²) in [6.45, 7) is 0. The number of carbonyl (C=O) groups excluding carboxylic acids is 1. The van der Waals surface area contributed by atoms with Gasteiger partial charge in [-0.2, -0.15) is 11.8 Å². The lowest BCUT2D eigenvalue weighted by Gasteiger charge is -1.92. The van der Waals surface area contributed by atoms with Crippen LogP contribution in [-0.2, 0) is 4.79 Å². The minimum absolute atomic E-state index is 0.201. The Morgan fingerprint density at radius 1 is 2.00 bits per heavy atom. The van der Waals surface area contributed by atoms with Crippen LogP contribution in [-0.4, -0.2) is 22.2 Å². The van der Waals surface area contributed by atoms with Gasteiger partial charge in [-0.25, -0.2) is 0 Å². The molecule has 0 heterocycles. The van der Waals surface area contributed by atoms with E-state index in [1.54, 1.807) is 11.8 Å². The van der Waals surface area contributed by atoms with Gasteiger partial charge < -0.3 is 4.79 Å². The zero-order chi connectivity index (χ0) is 5.70. The highest BCUT2D eigenvalue weighted by Gasteiger charge is 1.96. The summed E-state index contributed by atoms with van der Waals surface area (Å²) in [5, 5.41) is 0. The van der Waals surface area contributed by atoms with E-state index in [0.717, 1.165) is 12.0 Å². The van der Waals surface area contributed by atoms with Gasteiger partial charge in [-0.05, 0) is 6.26 Å². The molecule has 0 aliphatic carbocycles. The molecule has 0 aromatic rings. The molecule has 0 fully saturated rings. The number of halogens is 1. The van der Waals surface area contributed by atoms with Crippen molar-refractivity contribution in [1.82, 2.24) is 0 Å². The van der Waals surface area contributed by atoms with Gasteiger partial charge in [-0.1, -0.05) is 22.6 Å². The van der Waals surface area contributed by atoms with Gasteiger partial charge in [0.25, 0.3) is 0 Å². The first-order valence-electron chi connectivity index (χ1n) is 1.89. The molecule has 3 heteroatoms. The summed E-state index contributed by atoms with van der Waals surface area (Å²) >= 11 is 3.81. The monoisotopic (exact) mass is 230 g/mol. The Kier molecular flexibility index (Phi) is 5.42. The Bertz CT molecular complexity index is 57.7. The van der Waals surface area contributed by atoms with Crippen LogP contribution >= 0.6 is 34.4 Å². The van der Waals surface area contributed by atoms with Crippen molar-refractivity contribution in [3.63, 3.8) is 0 Å². The highest BCUT2D eigenvalue weighted by molar-refractivity contribution is 14.1. The van der Waals surface area contributed by atoms with Crippen molar-refractivity contribution in [2.75, 3.05) is 12.0 Å². The number of hydrogen-bond donors (Lipinski definition) is 0. The van der Waals surface area contributed by atoms with E-state index in [9.17, 15) is 4.79 Å². The predicted molar refractivity (Wildman–Crippen MR) is 42.3 cm³/mol. The lowest BCUT2D eigenvalue weighted by Crippen LogP contribution is -2.00. The van der Waals surface area contributed by atoms with Gasteiger partial charge in [0.15, 0.2) is 0 Å². The van der Waals surface area contributed by atoms with Gasteiger partial charge in [-0.15, -0.1) is 0 Å². The normalized spacial score (nSPS) is 13.4. The largest absolute Gasteiger partial charge is 0.302 e. The zero-order valence-corrected chi connectivity index (χ0v) is 7.03. The maximum Gasteiger partial charge on any atom is 0.133 e. The Hall–Kier alpha value is 0.750. The van der Waals surface area contributed by atoms with Crippen LogP contribution in [0.3, 0.4) is 0 Å². The minimum Gasteiger partial charge on any atom is -0.302 e. The van der Waals surface area contributed by atoms with Crippen molar-refractivity contribution >= 4 is 40.6 Å². The molecule has 42 valence electrons. The lowest BCUT2D eigenvalue weighted by atomic mass is 10.6. The Labute approximate surface area is 61.4 Å². The van der Waals surface area contributed by atoms with E-state index in [2.05, 4.69) is 22.6 Å². The minimum atomic E-state index is 0.201. The molecule has 0 radical (unpaired) electrons. The van der Waals surface area contributed by atoms with Crippen molar-refractivity contribution in [1.29, 1.82) is 0 Å². The number of carbonyl (C=O) groups is 1. The van der Waals surface area contributed by atoms with Gasteiger partial charge in [-0.3, -0.25) is 0 Å². The Morgan fingerprint density at radius 3 is 2.71 bits per heavy atom. The number of hydrogen-bond acceptors (Lipinski definition) is 2. The summed E-state index contributed by atoms with van der Waals surface area (Å²) in [6, 6.07) is 0. The summed E-state index contributed by atoms with van der Waals surface area (Å²) in [6.07, 6.45) is 2.96. The maximum absolute atomic E-state index is 9.87. The Balaban J connectivity index is 2.98. The van der Waals surface area contributed by atoms with E-state index >= 15 is 0 Å². The summed E-state index contributed by atoms with van der Waals surface area (Å²) in [7, 11) is 0. The van der Waals surface area contributed by atoms with E-state index in [0.29, 0.717) is 0 Å². The van der Waals surface area contributed by atoms with Crippen molar-refractivity contribution in [3.8, 4) is 0 Å². The van der Waals surface area contributed by atoms with Crippen molar-refractivity contribution in [3.05, 3.63) is 0 Å². The summed E-state index contributed by atoms with van der Waals surface area (Å²) in [5.74, 6) is 0.935. The van der Waals surface area contributed by atoms with Gasteiger partial charge in [0.05, 0.1) is 3.92 Å². The zero-order valence-electron chi connectivity index (χ0n) is 4.06. The summed E-state index contributed by atoms with van der Waals surface area (Å²) in [4.78, 5) is 9.87. The average molecular weight is 230 g/mol. The van der Waals surface area contributed by atoms with E-state index in [4.69, 9.17) is 0 Å². The predicted octanol–water partition coefficient (Wildman–Crippen LogP) is 1.35. The fourth-order valence-electron chi connectivity index (χ4n) is 0.199. The third-order valence-corrected chi connectivity index (χ3v) is 2.50. The second kappa shape index (κ2) is 4.90. The molecule has 0 rings (SSSR count). The molecule has 0 saturated heterocycles. The average Bonchev–Trinajstić information content (AvgIpc) is 1.68. The molecular weight excluding hydrogens is 223 g/mol. The molecule has 1 nitrogen and oxygen atoms in total. The molecule has 0 amide bonds. The van der Waals surface area contributed by atoms with Crippen LogP contribution in [0.1, 0.15) is 0 Å². The number of rotatable bonds is 3. The first-order chi connectivity index (χ1) is 3.31. The standard InChI is InChI=1S/C4H7IOS/c1-7-3-4(5)2-6/h2,4H,3H2,1H3. The van der Waals surface area contributed by atoms with Gasteiger partial charge in [0.2, 0.25) is 0 Å². The molecular formula is C4H7IOS.